The molecule has 5 nitrogen and oxygen atoms in total. The summed E-state index contributed by atoms with van der Waals surface area (Å²) in [5.41, 5.74) is 0. The van der Waals surface area contributed by atoms with Crippen LogP contribution in [0.5, 0.6) is 0 Å². The highest BCUT2D eigenvalue weighted by molar-refractivity contribution is 5.69. The van der Waals surface area contributed by atoms with Crippen molar-refractivity contribution < 1.29 is 24.5 Å². The first-order chi connectivity index (χ1) is 7.60. The average Bonchev–Trinajstić information content (AvgIpc) is 2.23. The number of aliphatic hydroxyl groups excluding tert-OH is 1. The Kier molecular flexibility index (Phi) is 8.52. The maximum atomic E-state index is 11.0. The number of hydrogen-bond donors (Lipinski definition) is 2. The predicted molar refractivity (Wildman–Crippen MR) is 57.9 cm³/mol. The smallest absolute Gasteiger partial charge is 0.305 e. The molecule has 5 heteroatoms. The molecule has 0 aromatic rings. The average molecular weight is 232 g/mol. The first-order valence-corrected chi connectivity index (χ1v) is 5.58. The predicted octanol–water partition coefficient (Wildman–Crippen LogP) is 1.19. The third kappa shape index (κ3) is 8.23. The lowest BCUT2D eigenvalue weighted by Gasteiger charge is -2.13. The van der Waals surface area contributed by atoms with Crippen molar-refractivity contribution in [2.75, 3.05) is 13.2 Å². The fraction of sp³-hybridized carbons (Fsp3) is 0.818. The molecule has 94 valence electrons. The SMILES string of the molecule is CCCC(=O)OCC(CO)CCCC(=O)O. The normalized spacial score (nSPS) is 12.1. The van der Waals surface area contributed by atoms with Gasteiger partial charge in [0, 0.05) is 25.4 Å². The third-order valence-corrected chi connectivity index (χ3v) is 2.20. The molecule has 0 heterocycles. The first-order valence-electron chi connectivity index (χ1n) is 5.58. The highest BCUT2D eigenvalue weighted by atomic mass is 16.5. The Balaban J connectivity index is 3.66. The number of carbonyl (C=O) groups excluding carboxylic acids is 1. The number of esters is 1. The van der Waals surface area contributed by atoms with Gasteiger partial charge in [-0.05, 0) is 19.3 Å². The number of carbonyl (C=O) groups is 2. The van der Waals surface area contributed by atoms with Crippen molar-refractivity contribution in [3.05, 3.63) is 0 Å². The van der Waals surface area contributed by atoms with Gasteiger partial charge in [-0.3, -0.25) is 9.59 Å². The van der Waals surface area contributed by atoms with E-state index in [0.717, 1.165) is 6.42 Å². The van der Waals surface area contributed by atoms with Gasteiger partial charge in [-0.15, -0.1) is 0 Å². The van der Waals surface area contributed by atoms with Crippen LogP contribution in [0.4, 0.5) is 0 Å². The molecule has 0 bridgehead atoms. The summed E-state index contributed by atoms with van der Waals surface area (Å²) in [6.07, 6.45) is 2.25. The van der Waals surface area contributed by atoms with Crippen molar-refractivity contribution in [3.63, 3.8) is 0 Å². The fourth-order valence-electron chi connectivity index (χ4n) is 1.26. The Morgan fingerprint density at radius 1 is 1.31 bits per heavy atom. The lowest BCUT2D eigenvalue weighted by Crippen LogP contribution is -2.17. The Morgan fingerprint density at radius 2 is 2.00 bits per heavy atom. The van der Waals surface area contributed by atoms with Gasteiger partial charge in [-0.1, -0.05) is 6.92 Å². The van der Waals surface area contributed by atoms with Crippen molar-refractivity contribution in [3.8, 4) is 0 Å². The molecular formula is C11H20O5. The standard InChI is InChI=1S/C11H20O5/c1-2-4-11(15)16-8-9(7-12)5-3-6-10(13)14/h9,12H,2-8H2,1H3,(H,13,14). The fourth-order valence-corrected chi connectivity index (χ4v) is 1.26. The second-order valence-electron chi connectivity index (χ2n) is 3.77. The quantitative estimate of drug-likeness (QED) is 0.583. The molecule has 0 spiro atoms. The molecule has 1 unspecified atom stereocenters. The molecule has 0 aromatic carbocycles. The lowest BCUT2D eigenvalue weighted by atomic mass is 10.0. The zero-order valence-corrected chi connectivity index (χ0v) is 9.65. The van der Waals surface area contributed by atoms with Crippen LogP contribution >= 0.6 is 0 Å². The zero-order valence-electron chi connectivity index (χ0n) is 9.65. The minimum Gasteiger partial charge on any atom is -0.481 e. The van der Waals surface area contributed by atoms with E-state index in [1.807, 2.05) is 6.92 Å². The summed E-state index contributed by atoms with van der Waals surface area (Å²) < 4.78 is 4.95. The monoisotopic (exact) mass is 232 g/mol. The van der Waals surface area contributed by atoms with Crippen LogP contribution in [0, 0.1) is 5.92 Å². The van der Waals surface area contributed by atoms with E-state index in [-0.39, 0.29) is 31.5 Å². The molecule has 0 saturated carbocycles. The number of carboxylic acids is 1. The maximum absolute atomic E-state index is 11.0. The molecule has 1 atom stereocenters. The van der Waals surface area contributed by atoms with Crippen molar-refractivity contribution >= 4 is 11.9 Å². The summed E-state index contributed by atoms with van der Waals surface area (Å²) >= 11 is 0. The number of hydrogen-bond acceptors (Lipinski definition) is 4. The molecule has 16 heavy (non-hydrogen) atoms. The largest absolute Gasteiger partial charge is 0.481 e. The van der Waals surface area contributed by atoms with Crippen molar-refractivity contribution in [1.29, 1.82) is 0 Å². The van der Waals surface area contributed by atoms with Crippen molar-refractivity contribution in [2.24, 2.45) is 5.92 Å². The second-order valence-corrected chi connectivity index (χ2v) is 3.77. The Hall–Kier alpha value is -1.10. The van der Waals surface area contributed by atoms with Crippen molar-refractivity contribution in [2.45, 2.75) is 39.0 Å². The summed E-state index contributed by atoms with van der Waals surface area (Å²) in [4.78, 5) is 21.3. The molecule has 0 radical (unpaired) electrons. The van der Waals surface area contributed by atoms with Gasteiger partial charge in [-0.2, -0.15) is 0 Å². The maximum Gasteiger partial charge on any atom is 0.305 e. The van der Waals surface area contributed by atoms with Crippen LogP contribution < -0.4 is 0 Å². The van der Waals surface area contributed by atoms with Gasteiger partial charge in [0.25, 0.3) is 0 Å². The highest BCUT2D eigenvalue weighted by Crippen LogP contribution is 2.09. The molecule has 0 aliphatic rings. The van der Waals surface area contributed by atoms with Crippen LogP contribution in [0.15, 0.2) is 0 Å². The van der Waals surface area contributed by atoms with E-state index in [1.165, 1.54) is 0 Å². The van der Waals surface area contributed by atoms with E-state index >= 15 is 0 Å². The molecule has 0 rings (SSSR count). The molecule has 0 fully saturated rings. The number of aliphatic carboxylic acids is 1. The van der Waals surface area contributed by atoms with E-state index in [2.05, 4.69) is 0 Å². The topological polar surface area (TPSA) is 83.8 Å². The summed E-state index contributed by atoms with van der Waals surface area (Å²) in [7, 11) is 0. The summed E-state index contributed by atoms with van der Waals surface area (Å²) in [5, 5.41) is 17.4. The highest BCUT2D eigenvalue weighted by Gasteiger charge is 2.11. The van der Waals surface area contributed by atoms with E-state index in [0.29, 0.717) is 19.3 Å². The van der Waals surface area contributed by atoms with Gasteiger partial charge >= 0.3 is 11.9 Å². The van der Waals surface area contributed by atoms with Crippen LogP contribution in [0.25, 0.3) is 0 Å². The number of aliphatic hydroxyl groups is 1. The van der Waals surface area contributed by atoms with Gasteiger partial charge in [-0.25, -0.2) is 0 Å². The van der Waals surface area contributed by atoms with Gasteiger partial charge in [0.1, 0.15) is 0 Å². The Labute approximate surface area is 95.4 Å². The number of carboxylic acid groups (broad SMARTS) is 1. The van der Waals surface area contributed by atoms with Gasteiger partial charge in [0.05, 0.1) is 6.61 Å². The summed E-state index contributed by atoms with van der Waals surface area (Å²) in [6, 6.07) is 0. The minimum atomic E-state index is -0.848. The van der Waals surface area contributed by atoms with Gasteiger partial charge in [0.2, 0.25) is 0 Å². The van der Waals surface area contributed by atoms with Crippen LogP contribution in [0.1, 0.15) is 39.0 Å². The van der Waals surface area contributed by atoms with E-state index < -0.39 is 5.97 Å². The molecule has 0 saturated heterocycles. The summed E-state index contributed by atoms with van der Waals surface area (Å²) in [5.74, 6) is -1.26. The van der Waals surface area contributed by atoms with Crippen LogP contribution in [0.2, 0.25) is 0 Å². The van der Waals surface area contributed by atoms with E-state index in [4.69, 9.17) is 14.9 Å². The Morgan fingerprint density at radius 3 is 2.50 bits per heavy atom. The molecule has 0 aliphatic heterocycles. The number of ether oxygens (including phenoxy) is 1. The molecule has 0 aliphatic carbocycles. The molecule has 0 amide bonds. The third-order valence-electron chi connectivity index (χ3n) is 2.20. The summed E-state index contributed by atoms with van der Waals surface area (Å²) in [6.45, 7) is 1.98. The van der Waals surface area contributed by atoms with Gasteiger partial charge in [0.15, 0.2) is 0 Å². The van der Waals surface area contributed by atoms with Crippen LogP contribution in [-0.2, 0) is 14.3 Å². The van der Waals surface area contributed by atoms with Gasteiger partial charge < -0.3 is 14.9 Å². The Bertz CT molecular complexity index is 214. The first kappa shape index (κ1) is 14.9. The molecular weight excluding hydrogens is 212 g/mol. The molecule has 2 N–H and O–H groups in total. The zero-order chi connectivity index (χ0) is 12.4. The number of rotatable bonds is 9. The van der Waals surface area contributed by atoms with Crippen molar-refractivity contribution in [1.82, 2.24) is 0 Å². The van der Waals surface area contributed by atoms with E-state index in [9.17, 15) is 9.59 Å². The molecule has 0 aromatic heterocycles. The minimum absolute atomic E-state index is 0.0827. The lowest BCUT2D eigenvalue weighted by molar-refractivity contribution is -0.145. The van der Waals surface area contributed by atoms with Crippen LogP contribution in [0.3, 0.4) is 0 Å². The van der Waals surface area contributed by atoms with E-state index in [1.54, 1.807) is 0 Å². The van der Waals surface area contributed by atoms with Crippen LogP contribution in [-0.4, -0.2) is 35.4 Å². The second kappa shape index (κ2) is 9.15.